The number of hydrogen-bond acceptors (Lipinski definition) is 3. The van der Waals surface area contributed by atoms with Gasteiger partial charge in [0.15, 0.2) is 0 Å². The third-order valence-electron chi connectivity index (χ3n) is 1.83. The van der Waals surface area contributed by atoms with Crippen molar-refractivity contribution in [3.63, 3.8) is 0 Å². The van der Waals surface area contributed by atoms with Crippen LogP contribution < -0.4 is 16.2 Å². The molecule has 0 saturated heterocycles. The van der Waals surface area contributed by atoms with Gasteiger partial charge >= 0.3 is 0 Å². The van der Waals surface area contributed by atoms with Gasteiger partial charge in [-0.25, -0.2) is 0 Å². The van der Waals surface area contributed by atoms with Gasteiger partial charge in [-0.05, 0) is 18.6 Å². The van der Waals surface area contributed by atoms with Crippen molar-refractivity contribution in [2.24, 2.45) is 11.5 Å². The van der Waals surface area contributed by atoms with E-state index in [2.05, 4.69) is 0 Å². The minimum absolute atomic E-state index is 0.0283. The smallest absolute Gasteiger partial charge is 0.147 e. The highest BCUT2D eigenvalue weighted by molar-refractivity contribution is 5.95. The quantitative estimate of drug-likeness (QED) is 0.379. The normalized spacial score (nSPS) is 12.1. The monoisotopic (exact) mass is 193 g/mol. The number of nitrogens with one attached hydrogen (secondary N) is 1. The highest BCUT2D eigenvalue weighted by Gasteiger charge is 2.02. The summed E-state index contributed by atoms with van der Waals surface area (Å²) in [5.74, 6) is 0.674. The molecule has 1 aromatic rings. The van der Waals surface area contributed by atoms with E-state index in [-0.39, 0.29) is 12.1 Å². The first-order valence-corrected chi connectivity index (χ1v) is 4.50. The van der Waals surface area contributed by atoms with Crippen LogP contribution in [0, 0.1) is 5.41 Å². The second-order valence-electron chi connectivity index (χ2n) is 3.01. The molecule has 0 fully saturated rings. The van der Waals surface area contributed by atoms with E-state index >= 15 is 0 Å². The van der Waals surface area contributed by atoms with Crippen molar-refractivity contribution in [3.05, 3.63) is 29.8 Å². The molecule has 0 aliphatic carbocycles. The molecule has 0 radical (unpaired) electrons. The fourth-order valence-corrected chi connectivity index (χ4v) is 0.995. The molecule has 0 aromatic heterocycles. The molecule has 1 aromatic carbocycles. The summed E-state index contributed by atoms with van der Waals surface area (Å²) in [6.45, 7) is 1.94. The first kappa shape index (κ1) is 10.5. The zero-order valence-electron chi connectivity index (χ0n) is 8.16. The molecule has 4 heteroatoms. The van der Waals surface area contributed by atoms with Crippen LogP contribution in [0.2, 0.25) is 0 Å². The van der Waals surface area contributed by atoms with E-state index in [9.17, 15) is 0 Å². The molecule has 5 N–H and O–H groups in total. The first-order chi connectivity index (χ1) is 6.63. The van der Waals surface area contributed by atoms with Crippen LogP contribution >= 0.6 is 0 Å². The van der Waals surface area contributed by atoms with E-state index in [4.69, 9.17) is 21.6 Å². The number of rotatable bonds is 4. The minimum Gasteiger partial charge on any atom is -0.476 e. The van der Waals surface area contributed by atoms with Gasteiger partial charge < -0.3 is 10.5 Å². The number of ether oxygens (including phenoxy) is 1. The van der Waals surface area contributed by atoms with E-state index in [0.29, 0.717) is 11.3 Å². The Kier molecular flexibility index (Phi) is 3.48. The van der Waals surface area contributed by atoms with Gasteiger partial charge in [0.1, 0.15) is 17.8 Å². The molecular formula is C10H15N3O. The fourth-order valence-electron chi connectivity index (χ4n) is 0.995. The SMILES string of the molecule is CCC(N)Oc1cccc(C(=N)N)c1. The molecule has 1 unspecified atom stereocenters. The molecule has 0 amide bonds. The summed E-state index contributed by atoms with van der Waals surface area (Å²) >= 11 is 0. The van der Waals surface area contributed by atoms with Crippen molar-refractivity contribution in [2.75, 3.05) is 0 Å². The molecule has 4 nitrogen and oxygen atoms in total. The summed E-state index contributed by atoms with van der Waals surface area (Å²) in [6.07, 6.45) is 0.432. The Morgan fingerprint density at radius 3 is 2.86 bits per heavy atom. The Balaban J connectivity index is 2.78. The van der Waals surface area contributed by atoms with Crippen LogP contribution in [0.25, 0.3) is 0 Å². The molecule has 1 atom stereocenters. The predicted molar refractivity (Wildman–Crippen MR) is 56.4 cm³/mol. The van der Waals surface area contributed by atoms with Gasteiger partial charge in [0, 0.05) is 5.56 Å². The van der Waals surface area contributed by atoms with Crippen molar-refractivity contribution in [1.82, 2.24) is 0 Å². The Morgan fingerprint density at radius 1 is 1.57 bits per heavy atom. The minimum atomic E-state index is -0.308. The van der Waals surface area contributed by atoms with Gasteiger partial charge in [-0.15, -0.1) is 0 Å². The average molecular weight is 193 g/mol. The molecule has 0 aliphatic rings. The second kappa shape index (κ2) is 4.62. The lowest BCUT2D eigenvalue weighted by atomic mass is 10.2. The molecule has 0 aliphatic heterocycles. The number of hydrogen-bond donors (Lipinski definition) is 3. The number of amidine groups is 1. The van der Waals surface area contributed by atoms with Gasteiger partial charge in [0.05, 0.1) is 0 Å². The summed E-state index contributed by atoms with van der Waals surface area (Å²) < 4.78 is 5.38. The van der Waals surface area contributed by atoms with Gasteiger partial charge in [0.25, 0.3) is 0 Å². The molecule has 76 valence electrons. The van der Waals surface area contributed by atoms with Gasteiger partial charge in [0.2, 0.25) is 0 Å². The van der Waals surface area contributed by atoms with Crippen molar-refractivity contribution < 1.29 is 4.74 Å². The topological polar surface area (TPSA) is 85.1 Å². The van der Waals surface area contributed by atoms with E-state index in [1.807, 2.05) is 6.92 Å². The standard InChI is InChI=1S/C10H15N3O/c1-2-9(11)14-8-5-3-4-7(6-8)10(12)13/h3-6,9H,2,11H2,1H3,(H3,12,13). The molecule has 0 bridgehead atoms. The lowest BCUT2D eigenvalue weighted by Crippen LogP contribution is -2.26. The third kappa shape index (κ3) is 2.74. The first-order valence-electron chi connectivity index (χ1n) is 4.50. The van der Waals surface area contributed by atoms with Gasteiger partial charge in [-0.1, -0.05) is 19.1 Å². The van der Waals surface area contributed by atoms with Crippen molar-refractivity contribution in [2.45, 2.75) is 19.6 Å². The lowest BCUT2D eigenvalue weighted by Gasteiger charge is -2.12. The summed E-state index contributed by atoms with van der Waals surface area (Å²) in [5, 5.41) is 7.25. The summed E-state index contributed by atoms with van der Waals surface area (Å²) in [4.78, 5) is 0. The maximum absolute atomic E-state index is 7.25. The Bertz CT molecular complexity index is 325. The summed E-state index contributed by atoms with van der Waals surface area (Å²) in [6, 6.07) is 7.04. The Labute approximate surface area is 83.4 Å². The predicted octanol–water partition coefficient (Wildman–Crippen LogP) is 1.04. The molecule has 0 heterocycles. The summed E-state index contributed by atoms with van der Waals surface area (Å²) in [7, 11) is 0. The summed E-state index contributed by atoms with van der Waals surface area (Å²) in [5.41, 5.74) is 11.6. The molecule has 14 heavy (non-hydrogen) atoms. The Hall–Kier alpha value is -1.55. The van der Waals surface area contributed by atoms with Crippen molar-refractivity contribution >= 4 is 5.84 Å². The second-order valence-corrected chi connectivity index (χ2v) is 3.01. The zero-order valence-corrected chi connectivity index (χ0v) is 8.16. The molecular weight excluding hydrogens is 178 g/mol. The fraction of sp³-hybridized carbons (Fsp3) is 0.300. The van der Waals surface area contributed by atoms with Crippen LogP contribution in [-0.2, 0) is 0 Å². The van der Waals surface area contributed by atoms with Gasteiger partial charge in [-0.3, -0.25) is 11.1 Å². The van der Waals surface area contributed by atoms with E-state index in [1.165, 1.54) is 0 Å². The van der Waals surface area contributed by atoms with Crippen molar-refractivity contribution in [1.29, 1.82) is 5.41 Å². The number of benzene rings is 1. The van der Waals surface area contributed by atoms with Crippen LogP contribution in [-0.4, -0.2) is 12.1 Å². The van der Waals surface area contributed by atoms with Crippen molar-refractivity contribution in [3.8, 4) is 5.75 Å². The molecule has 0 saturated carbocycles. The number of nitrogens with two attached hydrogens (primary N) is 2. The van der Waals surface area contributed by atoms with Crippen LogP contribution in [0.15, 0.2) is 24.3 Å². The van der Waals surface area contributed by atoms with Crippen LogP contribution in [0.4, 0.5) is 0 Å². The molecule has 1 rings (SSSR count). The highest BCUT2D eigenvalue weighted by atomic mass is 16.5. The largest absolute Gasteiger partial charge is 0.476 e. The van der Waals surface area contributed by atoms with E-state index in [0.717, 1.165) is 6.42 Å². The van der Waals surface area contributed by atoms with E-state index in [1.54, 1.807) is 24.3 Å². The Morgan fingerprint density at radius 2 is 2.29 bits per heavy atom. The molecule has 0 spiro atoms. The van der Waals surface area contributed by atoms with E-state index < -0.39 is 0 Å². The zero-order chi connectivity index (χ0) is 10.6. The van der Waals surface area contributed by atoms with Crippen LogP contribution in [0.5, 0.6) is 5.75 Å². The maximum Gasteiger partial charge on any atom is 0.147 e. The average Bonchev–Trinajstić information content (AvgIpc) is 2.18. The van der Waals surface area contributed by atoms with Gasteiger partial charge in [-0.2, -0.15) is 0 Å². The number of nitrogen functional groups attached to an aromatic ring is 1. The van der Waals surface area contributed by atoms with Crippen LogP contribution in [0.3, 0.4) is 0 Å². The van der Waals surface area contributed by atoms with Crippen LogP contribution in [0.1, 0.15) is 18.9 Å². The highest BCUT2D eigenvalue weighted by Crippen LogP contribution is 2.14. The maximum atomic E-state index is 7.25. The third-order valence-corrected chi connectivity index (χ3v) is 1.83. The lowest BCUT2D eigenvalue weighted by molar-refractivity contribution is 0.205.